The van der Waals surface area contributed by atoms with Gasteiger partial charge in [0.15, 0.2) is 17.9 Å². The summed E-state index contributed by atoms with van der Waals surface area (Å²) in [4.78, 5) is 44.8. The highest BCUT2D eigenvalue weighted by atomic mass is 16.3. The Balaban J connectivity index is 1.19. The van der Waals surface area contributed by atoms with Crippen LogP contribution in [0.1, 0.15) is 61.7 Å². The van der Waals surface area contributed by atoms with Crippen LogP contribution in [0.15, 0.2) is 23.0 Å². The number of aromatic nitrogens is 1. The second kappa shape index (κ2) is 9.05. The monoisotopic (exact) mass is 454 g/mol. The number of allylic oxidation sites excluding steroid dienone is 2. The number of unbranched alkanes of at least 4 members (excludes halogenated alkanes) is 1. The second-order valence-electron chi connectivity index (χ2n) is 10.2. The Bertz CT molecular complexity index is 944. The van der Waals surface area contributed by atoms with Gasteiger partial charge in [-0.25, -0.2) is 4.98 Å². The number of carbonyl (C=O) groups is 3. The maximum atomic E-state index is 13.3. The third kappa shape index (κ3) is 4.14. The topological polar surface area (TPSA) is 105 Å². The van der Waals surface area contributed by atoms with Crippen LogP contribution >= 0.6 is 0 Å². The number of amides is 2. The molecular formula is C25H34N4O4. The lowest BCUT2D eigenvalue weighted by Gasteiger charge is -2.26. The third-order valence-corrected chi connectivity index (χ3v) is 8.24. The average Bonchev–Trinajstić information content (AvgIpc) is 3.16. The summed E-state index contributed by atoms with van der Waals surface area (Å²) in [6.07, 6.45) is 12.3. The van der Waals surface area contributed by atoms with Gasteiger partial charge in [0.25, 0.3) is 0 Å². The Morgan fingerprint density at radius 2 is 1.73 bits per heavy atom. The zero-order valence-corrected chi connectivity index (χ0v) is 19.3. The number of nitrogens with zero attached hydrogens (tertiary/aromatic N) is 2. The fraction of sp³-hybridized carbons (Fsp3) is 0.680. The highest BCUT2D eigenvalue weighted by Gasteiger charge is 2.69. The molecular weight excluding hydrogens is 420 g/mol. The van der Waals surface area contributed by atoms with Crippen LogP contribution in [0.2, 0.25) is 0 Å². The Morgan fingerprint density at radius 3 is 2.36 bits per heavy atom. The maximum absolute atomic E-state index is 13.3. The molecule has 1 aliphatic heterocycles. The zero-order chi connectivity index (χ0) is 23.0. The third-order valence-electron chi connectivity index (χ3n) is 8.24. The van der Waals surface area contributed by atoms with Crippen molar-refractivity contribution in [2.75, 3.05) is 26.2 Å². The highest BCUT2D eigenvalue weighted by Crippen LogP contribution is 2.72. The van der Waals surface area contributed by atoms with E-state index in [1.54, 1.807) is 0 Å². The zero-order valence-electron chi connectivity index (χ0n) is 19.3. The predicted molar refractivity (Wildman–Crippen MR) is 121 cm³/mol. The number of hydrogen-bond donors (Lipinski definition) is 2. The lowest BCUT2D eigenvalue weighted by atomic mass is 9.81. The maximum Gasteiger partial charge on any atom is 0.224 e. The molecule has 1 aromatic heterocycles. The molecule has 3 fully saturated rings. The van der Waals surface area contributed by atoms with Gasteiger partial charge in [0, 0.05) is 13.5 Å². The molecule has 4 atom stereocenters. The van der Waals surface area contributed by atoms with E-state index in [4.69, 9.17) is 4.42 Å². The lowest BCUT2D eigenvalue weighted by Crippen LogP contribution is -2.44. The molecule has 2 amide bonds. The first kappa shape index (κ1) is 22.3. The molecule has 3 aliphatic carbocycles. The number of carbonyl (C=O) groups excluding carboxylic acids is 3. The summed E-state index contributed by atoms with van der Waals surface area (Å²) in [7, 11) is 0. The van der Waals surface area contributed by atoms with Crippen molar-refractivity contribution in [3.63, 3.8) is 0 Å². The standard InChI is InChI=1S/C25H34N4O4/c1-16(30)22-19(28-15-33-22)14-27-24(32)21-18-7-6-17(25(18)8-9-25)20(21)23(31)26-10-2-3-11-29-12-4-5-13-29/h6-7,15,17-18,20-21H,2-5,8-14H2,1H3,(H,26,31)(H,27,32)/t17-,18+,20-,21-/m1/s1. The van der Waals surface area contributed by atoms with E-state index in [0.29, 0.717) is 12.2 Å². The minimum Gasteiger partial charge on any atom is -0.440 e. The van der Waals surface area contributed by atoms with Gasteiger partial charge in [-0.1, -0.05) is 12.2 Å². The minimum absolute atomic E-state index is 0.00492. The smallest absolute Gasteiger partial charge is 0.224 e. The van der Waals surface area contributed by atoms with Crippen LogP contribution in [0.25, 0.3) is 0 Å². The molecule has 2 N–H and O–H groups in total. The van der Waals surface area contributed by atoms with Crippen molar-refractivity contribution in [1.29, 1.82) is 0 Å². The fourth-order valence-corrected chi connectivity index (χ4v) is 6.48. The number of hydrogen-bond acceptors (Lipinski definition) is 6. The lowest BCUT2D eigenvalue weighted by molar-refractivity contribution is -0.135. The van der Waals surface area contributed by atoms with Crippen LogP contribution < -0.4 is 10.6 Å². The molecule has 0 unspecified atom stereocenters. The normalized spacial score (nSPS) is 29.0. The summed E-state index contributed by atoms with van der Waals surface area (Å²) in [6, 6.07) is 0. The van der Waals surface area contributed by atoms with Gasteiger partial charge in [-0.05, 0) is 75.4 Å². The Morgan fingerprint density at radius 1 is 1.06 bits per heavy atom. The van der Waals surface area contributed by atoms with Crippen LogP contribution in [-0.4, -0.2) is 53.7 Å². The number of Topliss-reactive ketones (excluding diaryl/α,β-unsaturated/α-hetero) is 1. The van der Waals surface area contributed by atoms with E-state index in [9.17, 15) is 14.4 Å². The minimum atomic E-state index is -0.375. The van der Waals surface area contributed by atoms with E-state index in [1.165, 1.54) is 39.2 Å². The molecule has 8 nitrogen and oxygen atoms in total. The number of ketones is 1. The molecule has 1 aromatic rings. The quantitative estimate of drug-likeness (QED) is 0.319. The van der Waals surface area contributed by atoms with Crippen molar-refractivity contribution in [2.45, 2.75) is 52.0 Å². The van der Waals surface area contributed by atoms with Gasteiger partial charge in [-0.2, -0.15) is 0 Å². The van der Waals surface area contributed by atoms with Crippen LogP contribution in [0, 0.1) is 29.1 Å². The summed E-state index contributed by atoms with van der Waals surface area (Å²) >= 11 is 0. The van der Waals surface area contributed by atoms with E-state index >= 15 is 0 Å². The summed E-state index contributed by atoms with van der Waals surface area (Å²) in [5, 5.41) is 6.07. The molecule has 178 valence electrons. The summed E-state index contributed by atoms with van der Waals surface area (Å²) < 4.78 is 5.14. The van der Waals surface area contributed by atoms with Gasteiger partial charge >= 0.3 is 0 Å². The van der Waals surface area contributed by atoms with Crippen molar-refractivity contribution >= 4 is 17.6 Å². The molecule has 8 heteroatoms. The largest absolute Gasteiger partial charge is 0.440 e. The SMILES string of the molecule is CC(=O)c1ocnc1CNC(=O)[C@H]1[C@H](C(=O)NCCCCN2CCCC2)[C@H]2C=C[C@@H]1C21CC1. The summed E-state index contributed by atoms with van der Waals surface area (Å²) in [5.41, 5.74) is 0.521. The number of nitrogens with one attached hydrogen (secondary N) is 2. The van der Waals surface area contributed by atoms with Crippen molar-refractivity contribution in [3.8, 4) is 0 Å². The number of rotatable bonds is 10. The van der Waals surface area contributed by atoms with E-state index in [-0.39, 0.29) is 59.0 Å². The number of oxazole rings is 1. The Hall–Kier alpha value is -2.48. The van der Waals surface area contributed by atoms with Crippen LogP contribution in [0.4, 0.5) is 0 Å². The van der Waals surface area contributed by atoms with Gasteiger partial charge in [-0.15, -0.1) is 0 Å². The first-order chi connectivity index (χ1) is 16.0. The molecule has 0 aromatic carbocycles. The second-order valence-corrected chi connectivity index (χ2v) is 10.2. The first-order valence-electron chi connectivity index (χ1n) is 12.4. The molecule has 5 rings (SSSR count). The van der Waals surface area contributed by atoms with Gasteiger partial charge in [0.1, 0.15) is 5.69 Å². The number of likely N-dealkylation sites (tertiary alicyclic amines) is 1. The van der Waals surface area contributed by atoms with E-state index in [0.717, 1.165) is 32.2 Å². The molecule has 1 spiro atoms. The molecule has 4 aliphatic rings. The molecule has 2 heterocycles. The van der Waals surface area contributed by atoms with Crippen LogP contribution in [0.3, 0.4) is 0 Å². The predicted octanol–water partition coefficient (Wildman–Crippen LogP) is 2.31. The Kier molecular flexibility index (Phi) is 6.12. The van der Waals surface area contributed by atoms with E-state index < -0.39 is 0 Å². The van der Waals surface area contributed by atoms with Crippen molar-refractivity contribution in [1.82, 2.24) is 20.5 Å². The molecule has 33 heavy (non-hydrogen) atoms. The van der Waals surface area contributed by atoms with E-state index in [1.807, 2.05) is 0 Å². The highest BCUT2D eigenvalue weighted by molar-refractivity contribution is 5.93. The van der Waals surface area contributed by atoms with Gasteiger partial charge in [0.2, 0.25) is 11.8 Å². The molecule has 1 saturated heterocycles. The summed E-state index contributed by atoms with van der Waals surface area (Å²) in [6.45, 7) is 5.70. The summed E-state index contributed by atoms with van der Waals surface area (Å²) in [5.74, 6) is -0.634. The Labute approximate surface area is 194 Å². The van der Waals surface area contributed by atoms with Gasteiger partial charge in [0.05, 0.1) is 18.4 Å². The molecule has 2 saturated carbocycles. The molecule has 2 bridgehead atoms. The van der Waals surface area contributed by atoms with Crippen molar-refractivity contribution < 1.29 is 18.8 Å². The van der Waals surface area contributed by atoms with Crippen LogP contribution in [-0.2, 0) is 16.1 Å². The fourth-order valence-electron chi connectivity index (χ4n) is 6.48. The van der Waals surface area contributed by atoms with E-state index in [2.05, 4.69) is 32.7 Å². The van der Waals surface area contributed by atoms with Gasteiger partial charge < -0.3 is 20.0 Å². The molecule has 0 radical (unpaired) electrons. The van der Waals surface area contributed by atoms with Crippen LogP contribution in [0.5, 0.6) is 0 Å². The first-order valence-corrected chi connectivity index (χ1v) is 12.4. The van der Waals surface area contributed by atoms with Crippen molar-refractivity contribution in [3.05, 3.63) is 30.0 Å². The average molecular weight is 455 g/mol. The van der Waals surface area contributed by atoms with Gasteiger partial charge in [-0.3, -0.25) is 14.4 Å². The van der Waals surface area contributed by atoms with Crippen molar-refractivity contribution in [2.24, 2.45) is 29.1 Å².